The maximum absolute atomic E-state index is 12.2. The lowest BCUT2D eigenvalue weighted by molar-refractivity contribution is -0.117. The second-order valence-corrected chi connectivity index (χ2v) is 5.87. The fraction of sp³-hybridized carbons (Fsp3) is 0.588. The summed E-state index contributed by atoms with van der Waals surface area (Å²) in [4.78, 5) is 14.4. The third-order valence-electron chi connectivity index (χ3n) is 3.58. The molecule has 112 valence electrons. The lowest BCUT2D eigenvalue weighted by Crippen LogP contribution is -2.34. The summed E-state index contributed by atoms with van der Waals surface area (Å²) in [5, 5.41) is 3.05. The van der Waals surface area contributed by atoms with E-state index in [4.69, 9.17) is 0 Å². The number of benzene rings is 1. The van der Waals surface area contributed by atoms with Gasteiger partial charge in [-0.1, -0.05) is 39.0 Å². The number of hydrogen-bond acceptors (Lipinski definition) is 2. The lowest BCUT2D eigenvalue weighted by atomic mass is 10.1. The highest BCUT2D eigenvalue weighted by atomic mass is 16.2. The van der Waals surface area contributed by atoms with Gasteiger partial charge in [0.2, 0.25) is 5.91 Å². The van der Waals surface area contributed by atoms with Crippen LogP contribution in [0.2, 0.25) is 0 Å². The van der Waals surface area contributed by atoms with E-state index in [-0.39, 0.29) is 5.91 Å². The number of carbonyl (C=O) groups is 1. The van der Waals surface area contributed by atoms with Crippen LogP contribution in [0.25, 0.3) is 0 Å². The number of likely N-dealkylation sites (N-methyl/N-ethyl adjacent to an activating group) is 1. The zero-order valence-electron chi connectivity index (χ0n) is 13.5. The van der Waals surface area contributed by atoms with Crippen LogP contribution in [0.15, 0.2) is 18.2 Å². The second kappa shape index (κ2) is 8.05. The smallest absolute Gasteiger partial charge is 0.238 e. The van der Waals surface area contributed by atoms with Crippen molar-refractivity contribution in [3.05, 3.63) is 29.3 Å². The van der Waals surface area contributed by atoms with Gasteiger partial charge in [-0.2, -0.15) is 0 Å². The van der Waals surface area contributed by atoms with Crippen molar-refractivity contribution in [3.63, 3.8) is 0 Å². The Bertz CT molecular complexity index is 420. The molecule has 0 radical (unpaired) electrons. The Balaban J connectivity index is 2.58. The fourth-order valence-corrected chi connectivity index (χ4v) is 2.18. The van der Waals surface area contributed by atoms with Crippen LogP contribution in [0.1, 0.15) is 38.3 Å². The van der Waals surface area contributed by atoms with E-state index in [9.17, 15) is 4.79 Å². The first-order valence-electron chi connectivity index (χ1n) is 7.52. The van der Waals surface area contributed by atoms with Crippen molar-refractivity contribution < 1.29 is 4.79 Å². The number of anilines is 1. The van der Waals surface area contributed by atoms with Gasteiger partial charge in [0, 0.05) is 5.69 Å². The Labute approximate surface area is 123 Å². The summed E-state index contributed by atoms with van der Waals surface area (Å²) in [5.74, 6) is 0.749. The quantitative estimate of drug-likeness (QED) is 0.825. The first-order chi connectivity index (χ1) is 9.43. The van der Waals surface area contributed by atoms with E-state index in [2.05, 4.69) is 31.0 Å². The molecule has 3 heteroatoms. The predicted molar refractivity (Wildman–Crippen MR) is 86.1 cm³/mol. The summed E-state index contributed by atoms with van der Waals surface area (Å²) < 4.78 is 0. The van der Waals surface area contributed by atoms with E-state index >= 15 is 0 Å². The molecule has 3 nitrogen and oxygen atoms in total. The van der Waals surface area contributed by atoms with Gasteiger partial charge in [-0.05, 0) is 50.4 Å². The van der Waals surface area contributed by atoms with Gasteiger partial charge in [0.15, 0.2) is 0 Å². The molecule has 0 heterocycles. The molecule has 0 aliphatic heterocycles. The molecule has 0 aliphatic carbocycles. The molecule has 0 bridgehead atoms. The molecule has 0 saturated heterocycles. The number of nitrogens with zero attached hydrogens (tertiary/aromatic N) is 1. The number of hydrogen-bond donors (Lipinski definition) is 1. The van der Waals surface area contributed by atoms with Gasteiger partial charge in [0.25, 0.3) is 0 Å². The molecule has 1 aromatic carbocycles. The van der Waals surface area contributed by atoms with Crippen molar-refractivity contribution in [2.45, 2.75) is 41.0 Å². The summed E-state index contributed by atoms with van der Waals surface area (Å²) >= 11 is 0. The molecule has 1 amide bonds. The summed E-state index contributed by atoms with van der Waals surface area (Å²) in [5.41, 5.74) is 3.18. The van der Waals surface area contributed by atoms with E-state index in [1.807, 2.05) is 32.0 Å². The molecule has 0 aliphatic rings. The fourth-order valence-electron chi connectivity index (χ4n) is 2.18. The second-order valence-electron chi connectivity index (χ2n) is 5.87. The molecule has 20 heavy (non-hydrogen) atoms. The van der Waals surface area contributed by atoms with Crippen LogP contribution in [-0.4, -0.2) is 30.4 Å². The molecule has 1 N–H and O–H groups in total. The van der Waals surface area contributed by atoms with Crippen molar-refractivity contribution in [3.8, 4) is 0 Å². The Hall–Kier alpha value is -1.35. The largest absolute Gasteiger partial charge is 0.324 e. The van der Waals surface area contributed by atoms with E-state index in [0.29, 0.717) is 12.5 Å². The Morgan fingerprint density at radius 3 is 2.35 bits per heavy atom. The molecule has 1 aromatic rings. The van der Waals surface area contributed by atoms with Gasteiger partial charge in [-0.3, -0.25) is 9.69 Å². The first kappa shape index (κ1) is 16.7. The molecule has 0 fully saturated rings. The molecule has 0 spiro atoms. The first-order valence-corrected chi connectivity index (χ1v) is 7.52. The van der Waals surface area contributed by atoms with Crippen LogP contribution in [0, 0.1) is 19.8 Å². The van der Waals surface area contributed by atoms with Crippen molar-refractivity contribution >= 4 is 11.6 Å². The minimum atomic E-state index is 0.0769. The molecular formula is C17H28N2O. The number of para-hydroxylation sites is 1. The standard InChI is InChI=1S/C17H28N2O/c1-6-19(11-10-13(2)3)12-16(20)18-17-14(4)8-7-9-15(17)5/h7-9,13H,6,10-12H2,1-5H3,(H,18,20). The summed E-state index contributed by atoms with van der Waals surface area (Å²) in [7, 11) is 0. The van der Waals surface area contributed by atoms with Crippen LogP contribution in [0.4, 0.5) is 5.69 Å². The Morgan fingerprint density at radius 2 is 1.85 bits per heavy atom. The SMILES string of the molecule is CCN(CCC(C)C)CC(=O)Nc1c(C)cccc1C. The van der Waals surface area contributed by atoms with E-state index < -0.39 is 0 Å². The number of carbonyl (C=O) groups excluding carboxylic acids is 1. The highest BCUT2D eigenvalue weighted by Crippen LogP contribution is 2.19. The Kier molecular flexibility index (Phi) is 6.73. The van der Waals surface area contributed by atoms with Crippen LogP contribution in [0.5, 0.6) is 0 Å². The topological polar surface area (TPSA) is 32.3 Å². The van der Waals surface area contributed by atoms with E-state index in [0.717, 1.165) is 36.3 Å². The molecule has 0 unspecified atom stereocenters. The molecule has 0 aromatic heterocycles. The van der Waals surface area contributed by atoms with Crippen molar-refractivity contribution in [1.29, 1.82) is 0 Å². The highest BCUT2D eigenvalue weighted by Gasteiger charge is 2.11. The zero-order chi connectivity index (χ0) is 15.1. The average Bonchev–Trinajstić information content (AvgIpc) is 2.38. The van der Waals surface area contributed by atoms with Crippen LogP contribution in [0.3, 0.4) is 0 Å². The van der Waals surface area contributed by atoms with Crippen molar-refractivity contribution in [2.75, 3.05) is 25.0 Å². The van der Waals surface area contributed by atoms with E-state index in [1.54, 1.807) is 0 Å². The van der Waals surface area contributed by atoms with Gasteiger partial charge in [0.05, 0.1) is 6.54 Å². The van der Waals surface area contributed by atoms with Crippen LogP contribution >= 0.6 is 0 Å². The predicted octanol–water partition coefficient (Wildman–Crippen LogP) is 3.61. The van der Waals surface area contributed by atoms with Crippen LogP contribution in [-0.2, 0) is 4.79 Å². The zero-order valence-corrected chi connectivity index (χ0v) is 13.5. The minimum Gasteiger partial charge on any atom is -0.324 e. The molecule has 0 atom stereocenters. The van der Waals surface area contributed by atoms with Gasteiger partial charge in [-0.25, -0.2) is 0 Å². The number of nitrogens with one attached hydrogen (secondary N) is 1. The van der Waals surface area contributed by atoms with Gasteiger partial charge in [-0.15, -0.1) is 0 Å². The van der Waals surface area contributed by atoms with Crippen molar-refractivity contribution in [1.82, 2.24) is 4.90 Å². The monoisotopic (exact) mass is 276 g/mol. The van der Waals surface area contributed by atoms with Gasteiger partial charge in [0.1, 0.15) is 0 Å². The number of amides is 1. The molecular weight excluding hydrogens is 248 g/mol. The third kappa shape index (κ3) is 5.33. The average molecular weight is 276 g/mol. The number of aryl methyl sites for hydroxylation is 2. The van der Waals surface area contributed by atoms with E-state index in [1.165, 1.54) is 0 Å². The molecule has 0 saturated carbocycles. The van der Waals surface area contributed by atoms with Crippen LogP contribution < -0.4 is 5.32 Å². The minimum absolute atomic E-state index is 0.0769. The highest BCUT2D eigenvalue weighted by molar-refractivity contribution is 5.93. The maximum Gasteiger partial charge on any atom is 0.238 e. The third-order valence-corrected chi connectivity index (χ3v) is 3.58. The number of rotatable bonds is 7. The molecule has 1 rings (SSSR count). The van der Waals surface area contributed by atoms with Crippen molar-refractivity contribution in [2.24, 2.45) is 5.92 Å². The lowest BCUT2D eigenvalue weighted by Gasteiger charge is -2.21. The Morgan fingerprint density at radius 1 is 1.25 bits per heavy atom. The maximum atomic E-state index is 12.2. The normalized spacial score (nSPS) is 11.2. The summed E-state index contributed by atoms with van der Waals surface area (Å²) in [6, 6.07) is 6.07. The van der Waals surface area contributed by atoms with Gasteiger partial charge >= 0.3 is 0 Å². The summed E-state index contributed by atoms with van der Waals surface area (Å²) in [6.07, 6.45) is 1.13. The summed E-state index contributed by atoms with van der Waals surface area (Å²) in [6.45, 7) is 12.9. The van der Waals surface area contributed by atoms with Gasteiger partial charge < -0.3 is 5.32 Å².